The summed E-state index contributed by atoms with van der Waals surface area (Å²) in [7, 11) is 1.64. The zero-order valence-corrected chi connectivity index (χ0v) is 16.4. The van der Waals surface area contributed by atoms with E-state index < -0.39 is 12.0 Å². The second-order valence-electron chi connectivity index (χ2n) is 6.47. The first kappa shape index (κ1) is 20.4. The fourth-order valence-electron chi connectivity index (χ4n) is 2.83. The first-order chi connectivity index (χ1) is 13.9. The number of primary amides is 1. The van der Waals surface area contributed by atoms with Gasteiger partial charge in [-0.15, -0.1) is 0 Å². The number of aliphatic hydroxyl groups is 1. The molecule has 0 aliphatic rings. The molecule has 0 radical (unpaired) electrons. The van der Waals surface area contributed by atoms with Crippen LogP contribution in [0.25, 0.3) is 16.6 Å². The van der Waals surface area contributed by atoms with Gasteiger partial charge < -0.3 is 15.7 Å². The molecule has 0 saturated heterocycles. The number of nitrogens with two attached hydrogens (primary N) is 1. The predicted octanol–water partition coefficient (Wildman–Crippen LogP) is 1.97. The Morgan fingerprint density at radius 2 is 2.14 bits per heavy atom. The largest absolute Gasteiger partial charge is 0.380 e. The van der Waals surface area contributed by atoms with Gasteiger partial charge in [0.2, 0.25) is 6.41 Å². The van der Waals surface area contributed by atoms with Crippen LogP contribution in [-0.2, 0) is 4.79 Å². The molecule has 7 nitrogen and oxygen atoms in total. The summed E-state index contributed by atoms with van der Waals surface area (Å²) >= 11 is 6.25. The van der Waals surface area contributed by atoms with Gasteiger partial charge in [-0.2, -0.15) is 5.10 Å². The van der Waals surface area contributed by atoms with E-state index in [1.165, 1.54) is 4.90 Å². The van der Waals surface area contributed by atoms with Crippen molar-refractivity contribution >= 4 is 34.8 Å². The van der Waals surface area contributed by atoms with Gasteiger partial charge in [-0.25, -0.2) is 4.68 Å². The minimum absolute atomic E-state index is 0.0943. The van der Waals surface area contributed by atoms with E-state index in [1.807, 2.05) is 6.07 Å². The van der Waals surface area contributed by atoms with Crippen molar-refractivity contribution in [1.29, 1.82) is 0 Å². The van der Waals surface area contributed by atoms with Gasteiger partial charge in [-0.05, 0) is 30.3 Å². The van der Waals surface area contributed by atoms with E-state index in [-0.39, 0.29) is 5.69 Å². The van der Waals surface area contributed by atoms with Crippen molar-refractivity contribution in [3.05, 3.63) is 58.7 Å². The smallest absolute Gasteiger partial charge is 0.269 e. The minimum atomic E-state index is -0.855. The third kappa shape index (κ3) is 4.57. The summed E-state index contributed by atoms with van der Waals surface area (Å²) in [5.41, 5.74) is 7.54. The molecule has 0 spiro atoms. The minimum Gasteiger partial charge on any atom is -0.380 e. The third-order valence-electron chi connectivity index (χ3n) is 4.30. The van der Waals surface area contributed by atoms with E-state index in [1.54, 1.807) is 48.1 Å². The van der Waals surface area contributed by atoms with Crippen LogP contribution in [0, 0.1) is 11.8 Å². The first-order valence-electron chi connectivity index (χ1n) is 8.83. The number of carbonyl (C=O) groups is 2. The van der Waals surface area contributed by atoms with Crippen molar-refractivity contribution in [3.63, 3.8) is 0 Å². The van der Waals surface area contributed by atoms with Crippen LogP contribution in [0.3, 0.4) is 0 Å². The number of hydrogen-bond donors (Lipinski definition) is 2. The molecule has 1 aromatic heterocycles. The Balaban J connectivity index is 1.93. The molecule has 3 aromatic rings. The fraction of sp³-hybridized carbons (Fsp3) is 0.190. The lowest BCUT2D eigenvalue weighted by molar-refractivity contribution is -0.117. The van der Waals surface area contributed by atoms with Gasteiger partial charge in [-0.3, -0.25) is 9.59 Å². The van der Waals surface area contributed by atoms with Gasteiger partial charge in [-0.1, -0.05) is 35.6 Å². The average molecular weight is 411 g/mol. The molecule has 0 aliphatic heterocycles. The Morgan fingerprint density at radius 1 is 1.38 bits per heavy atom. The van der Waals surface area contributed by atoms with Gasteiger partial charge in [0, 0.05) is 25.6 Å². The second-order valence-corrected chi connectivity index (χ2v) is 6.88. The van der Waals surface area contributed by atoms with Crippen LogP contribution in [0.2, 0.25) is 5.02 Å². The quantitative estimate of drug-likeness (QED) is 0.479. The summed E-state index contributed by atoms with van der Waals surface area (Å²) in [6.07, 6.45) is 0.198. The zero-order chi connectivity index (χ0) is 21.0. The van der Waals surface area contributed by atoms with Crippen LogP contribution in [0.15, 0.2) is 42.5 Å². The molecule has 2 aromatic carbocycles. The zero-order valence-electron chi connectivity index (χ0n) is 15.7. The van der Waals surface area contributed by atoms with Crippen LogP contribution in [0.4, 0.5) is 0 Å². The Kier molecular flexibility index (Phi) is 6.17. The summed E-state index contributed by atoms with van der Waals surface area (Å²) in [6, 6.07) is 12.4. The molecule has 8 heteroatoms. The highest BCUT2D eigenvalue weighted by molar-refractivity contribution is 6.36. The normalized spacial score (nSPS) is 11.6. The van der Waals surface area contributed by atoms with Crippen LogP contribution in [0.5, 0.6) is 0 Å². The predicted molar refractivity (Wildman–Crippen MR) is 111 cm³/mol. The highest BCUT2D eigenvalue weighted by Crippen LogP contribution is 2.28. The molecular weight excluding hydrogens is 392 g/mol. The second kappa shape index (κ2) is 8.78. The third-order valence-corrected chi connectivity index (χ3v) is 4.61. The van der Waals surface area contributed by atoms with Crippen molar-refractivity contribution in [2.45, 2.75) is 12.5 Å². The number of aromatic nitrogens is 2. The summed E-state index contributed by atoms with van der Waals surface area (Å²) in [5, 5.41) is 15.2. The summed E-state index contributed by atoms with van der Waals surface area (Å²) < 4.78 is 1.59. The summed E-state index contributed by atoms with van der Waals surface area (Å²) in [5.74, 6) is 5.02. The Bertz CT molecular complexity index is 1130. The van der Waals surface area contributed by atoms with E-state index in [2.05, 4.69) is 16.9 Å². The monoisotopic (exact) mass is 410 g/mol. The summed E-state index contributed by atoms with van der Waals surface area (Å²) in [6.45, 7) is 0.412. The number of fused-ring (bicyclic) bond motifs is 1. The molecule has 1 unspecified atom stereocenters. The lowest BCUT2D eigenvalue weighted by Crippen LogP contribution is -2.21. The molecule has 0 saturated carbocycles. The van der Waals surface area contributed by atoms with E-state index in [4.69, 9.17) is 17.3 Å². The van der Waals surface area contributed by atoms with Gasteiger partial charge >= 0.3 is 0 Å². The Morgan fingerprint density at radius 3 is 2.86 bits per heavy atom. The average Bonchev–Trinajstić information content (AvgIpc) is 3.12. The number of nitrogens with zero attached hydrogens (tertiary/aromatic N) is 3. The topological polar surface area (TPSA) is 101 Å². The van der Waals surface area contributed by atoms with E-state index in [0.29, 0.717) is 46.6 Å². The van der Waals surface area contributed by atoms with Crippen molar-refractivity contribution in [1.82, 2.24) is 14.7 Å². The molecule has 0 fully saturated rings. The number of aliphatic hydroxyl groups excluding tert-OH is 1. The maximum Gasteiger partial charge on any atom is 0.269 e. The number of halogens is 1. The Hall–Kier alpha value is -3.34. The highest BCUT2D eigenvalue weighted by atomic mass is 35.5. The number of amides is 2. The lowest BCUT2D eigenvalue weighted by Gasteiger charge is -2.10. The van der Waals surface area contributed by atoms with Gasteiger partial charge in [0.05, 0.1) is 21.6 Å². The number of hydrogen-bond acceptors (Lipinski definition) is 4. The van der Waals surface area contributed by atoms with Crippen LogP contribution in [-0.4, -0.2) is 51.8 Å². The van der Waals surface area contributed by atoms with Crippen LogP contribution < -0.4 is 5.73 Å². The molecule has 2 amide bonds. The number of benzene rings is 2. The number of rotatable bonds is 6. The molecule has 0 aliphatic carbocycles. The molecule has 3 N–H and O–H groups in total. The van der Waals surface area contributed by atoms with Crippen LogP contribution >= 0.6 is 11.6 Å². The standard InChI is InChI=1S/C21H19ClN4O3/c1-25(13-27)11-10-16(28)9-8-14-4-2-5-15(12-14)26-18-7-3-6-17(22)19(18)20(24-26)21(23)29/h2-7,12-13,16,28H,10-11H2,1H3,(H2,23,29). The highest BCUT2D eigenvalue weighted by Gasteiger charge is 2.18. The fourth-order valence-corrected chi connectivity index (χ4v) is 3.09. The molecule has 1 atom stereocenters. The molecule has 0 bridgehead atoms. The van der Waals surface area contributed by atoms with E-state index in [0.717, 1.165) is 0 Å². The maximum absolute atomic E-state index is 11.8. The van der Waals surface area contributed by atoms with Gasteiger partial charge in [0.25, 0.3) is 5.91 Å². The van der Waals surface area contributed by atoms with Gasteiger partial charge in [0.15, 0.2) is 5.69 Å². The summed E-state index contributed by atoms with van der Waals surface area (Å²) in [4.78, 5) is 23.8. The first-order valence-corrected chi connectivity index (χ1v) is 9.21. The SMILES string of the molecule is CN(C=O)CCC(O)C#Cc1cccc(-n2nc(C(N)=O)c3c(Cl)cccc32)c1. The molecule has 3 rings (SSSR count). The van der Waals surface area contributed by atoms with Gasteiger partial charge in [0.1, 0.15) is 6.10 Å². The van der Waals surface area contributed by atoms with Crippen molar-refractivity contribution in [3.8, 4) is 17.5 Å². The molecule has 148 valence electrons. The lowest BCUT2D eigenvalue weighted by atomic mass is 10.1. The van der Waals surface area contributed by atoms with E-state index in [9.17, 15) is 14.7 Å². The molecular formula is C21H19ClN4O3. The van der Waals surface area contributed by atoms with Crippen LogP contribution in [0.1, 0.15) is 22.5 Å². The maximum atomic E-state index is 11.8. The van der Waals surface area contributed by atoms with Crippen molar-refractivity contribution < 1.29 is 14.7 Å². The van der Waals surface area contributed by atoms with Crippen molar-refractivity contribution in [2.24, 2.45) is 5.73 Å². The van der Waals surface area contributed by atoms with E-state index >= 15 is 0 Å². The van der Waals surface area contributed by atoms with Crippen molar-refractivity contribution in [2.75, 3.05) is 13.6 Å². The molecule has 29 heavy (non-hydrogen) atoms. The molecule has 1 heterocycles. The Labute approximate surface area is 172 Å². The number of carbonyl (C=O) groups excluding carboxylic acids is 2.